The van der Waals surface area contributed by atoms with Crippen molar-refractivity contribution in [3.05, 3.63) is 53.8 Å². The summed E-state index contributed by atoms with van der Waals surface area (Å²) < 4.78 is 18.3. The van der Waals surface area contributed by atoms with Crippen LogP contribution in [0.1, 0.15) is 32.4 Å². The van der Waals surface area contributed by atoms with E-state index in [1.807, 2.05) is 6.92 Å². The zero-order valence-electron chi connectivity index (χ0n) is 15.8. The zero-order valence-corrected chi connectivity index (χ0v) is 15.8. The molecule has 0 aliphatic rings. The summed E-state index contributed by atoms with van der Waals surface area (Å²) in [7, 11) is 1.53. The van der Waals surface area contributed by atoms with Gasteiger partial charge in [0.1, 0.15) is 17.6 Å². The van der Waals surface area contributed by atoms with Crippen LogP contribution in [-0.4, -0.2) is 25.0 Å². The molecule has 0 aliphatic carbocycles. The lowest BCUT2D eigenvalue weighted by Crippen LogP contribution is -2.39. The van der Waals surface area contributed by atoms with Gasteiger partial charge in [-0.25, -0.2) is 4.39 Å². The summed E-state index contributed by atoms with van der Waals surface area (Å²) in [5.41, 5.74) is 1.99. The lowest BCUT2D eigenvalue weighted by molar-refractivity contribution is -0.122. The molecule has 0 spiro atoms. The molecule has 144 valence electrons. The van der Waals surface area contributed by atoms with Crippen LogP contribution in [0.4, 0.5) is 15.8 Å². The van der Waals surface area contributed by atoms with Gasteiger partial charge in [-0.3, -0.25) is 9.59 Å². The van der Waals surface area contributed by atoms with E-state index in [9.17, 15) is 14.0 Å². The molecule has 2 rings (SSSR count). The van der Waals surface area contributed by atoms with Gasteiger partial charge in [-0.2, -0.15) is 0 Å². The van der Waals surface area contributed by atoms with Crippen LogP contribution in [-0.2, 0) is 9.59 Å². The molecule has 27 heavy (non-hydrogen) atoms. The molecule has 7 heteroatoms. The fraction of sp³-hybridized carbons (Fsp3) is 0.300. The van der Waals surface area contributed by atoms with Crippen LogP contribution >= 0.6 is 0 Å². The van der Waals surface area contributed by atoms with Gasteiger partial charge in [0.2, 0.25) is 11.8 Å². The molecule has 0 heterocycles. The SMILES string of the molecule is COc1ccc(NC(C)=O)cc1N[C@@H](C)C(=O)N[C@@H](C)c1ccc(F)cc1. The second-order valence-corrected chi connectivity index (χ2v) is 6.24. The quantitative estimate of drug-likeness (QED) is 0.694. The Morgan fingerprint density at radius 2 is 1.74 bits per heavy atom. The molecule has 2 atom stereocenters. The van der Waals surface area contributed by atoms with Crippen molar-refractivity contribution in [2.24, 2.45) is 0 Å². The van der Waals surface area contributed by atoms with Crippen molar-refractivity contribution < 1.29 is 18.7 Å². The van der Waals surface area contributed by atoms with Crippen molar-refractivity contribution in [2.75, 3.05) is 17.7 Å². The highest BCUT2D eigenvalue weighted by atomic mass is 19.1. The molecule has 0 bridgehead atoms. The maximum Gasteiger partial charge on any atom is 0.242 e. The summed E-state index contributed by atoms with van der Waals surface area (Å²) in [4.78, 5) is 23.7. The van der Waals surface area contributed by atoms with Crippen LogP contribution in [0, 0.1) is 5.82 Å². The molecule has 2 aromatic carbocycles. The number of anilines is 2. The number of benzene rings is 2. The molecular weight excluding hydrogens is 349 g/mol. The normalized spacial score (nSPS) is 12.6. The van der Waals surface area contributed by atoms with Crippen LogP contribution in [0.3, 0.4) is 0 Å². The van der Waals surface area contributed by atoms with Gasteiger partial charge in [-0.15, -0.1) is 0 Å². The molecule has 0 saturated carbocycles. The van der Waals surface area contributed by atoms with Crippen molar-refractivity contribution >= 4 is 23.2 Å². The summed E-state index contributed by atoms with van der Waals surface area (Å²) in [6, 6.07) is 10.3. The number of methoxy groups -OCH3 is 1. The lowest BCUT2D eigenvalue weighted by atomic mass is 10.1. The third kappa shape index (κ3) is 5.70. The number of hydrogen-bond donors (Lipinski definition) is 3. The van der Waals surface area contributed by atoms with E-state index >= 15 is 0 Å². The first-order chi connectivity index (χ1) is 12.8. The standard InChI is InChI=1S/C20H24FN3O3/c1-12(15-5-7-16(21)8-6-15)23-20(26)13(2)22-18-11-17(24-14(3)25)9-10-19(18)27-4/h5-13,22H,1-4H3,(H,23,26)(H,24,25)/t12-,13-/m0/s1. The summed E-state index contributed by atoms with van der Waals surface area (Å²) in [6.45, 7) is 4.97. The van der Waals surface area contributed by atoms with Crippen molar-refractivity contribution in [1.29, 1.82) is 0 Å². The van der Waals surface area contributed by atoms with Gasteiger partial charge in [0.25, 0.3) is 0 Å². The molecule has 0 aromatic heterocycles. The summed E-state index contributed by atoms with van der Waals surface area (Å²) in [5, 5.41) is 8.67. The third-order valence-electron chi connectivity index (χ3n) is 4.01. The van der Waals surface area contributed by atoms with E-state index in [1.54, 1.807) is 37.3 Å². The highest BCUT2D eigenvalue weighted by molar-refractivity contribution is 5.90. The smallest absolute Gasteiger partial charge is 0.242 e. The van der Waals surface area contributed by atoms with E-state index in [2.05, 4.69) is 16.0 Å². The Morgan fingerprint density at radius 1 is 1.07 bits per heavy atom. The van der Waals surface area contributed by atoms with Gasteiger partial charge in [-0.1, -0.05) is 12.1 Å². The molecular formula is C20H24FN3O3. The first-order valence-electron chi connectivity index (χ1n) is 8.58. The van der Waals surface area contributed by atoms with Gasteiger partial charge in [0, 0.05) is 12.6 Å². The minimum Gasteiger partial charge on any atom is -0.495 e. The molecule has 6 nitrogen and oxygen atoms in total. The molecule has 2 aromatic rings. The van der Waals surface area contributed by atoms with Crippen LogP contribution in [0.15, 0.2) is 42.5 Å². The predicted molar refractivity (Wildman–Crippen MR) is 103 cm³/mol. The second-order valence-electron chi connectivity index (χ2n) is 6.24. The Balaban J connectivity index is 2.06. The second kappa shape index (κ2) is 9.02. The topological polar surface area (TPSA) is 79.5 Å². The van der Waals surface area contributed by atoms with Gasteiger partial charge < -0.3 is 20.7 Å². The number of rotatable bonds is 7. The van der Waals surface area contributed by atoms with Crippen molar-refractivity contribution in [3.8, 4) is 5.75 Å². The van der Waals surface area contributed by atoms with Gasteiger partial charge in [-0.05, 0) is 49.7 Å². The van der Waals surface area contributed by atoms with Gasteiger partial charge >= 0.3 is 0 Å². The third-order valence-corrected chi connectivity index (χ3v) is 4.01. The number of ether oxygens (including phenoxy) is 1. The Morgan fingerprint density at radius 3 is 2.33 bits per heavy atom. The zero-order chi connectivity index (χ0) is 20.0. The summed E-state index contributed by atoms with van der Waals surface area (Å²) in [6.07, 6.45) is 0. The van der Waals surface area contributed by atoms with Crippen LogP contribution < -0.4 is 20.7 Å². The molecule has 0 radical (unpaired) electrons. The first-order valence-corrected chi connectivity index (χ1v) is 8.58. The van der Waals surface area contributed by atoms with E-state index in [0.717, 1.165) is 5.56 Å². The largest absolute Gasteiger partial charge is 0.495 e. The number of hydrogen-bond acceptors (Lipinski definition) is 4. The fourth-order valence-electron chi connectivity index (χ4n) is 2.57. The summed E-state index contributed by atoms with van der Waals surface area (Å²) in [5.74, 6) is -0.183. The molecule has 0 aliphatic heterocycles. The highest BCUT2D eigenvalue weighted by Crippen LogP contribution is 2.28. The van der Waals surface area contributed by atoms with Gasteiger partial charge in [0.15, 0.2) is 0 Å². The number of amides is 2. The predicted octanol–water partition coefficient (Wildman–Crippen LogP) is 3.47. The highest BCUT2D eigenvalue weighted by Gasteiger charge is 2.18. The first kappa shape index (κ1) is 20.2. The van der Waals surface area contributed by atoms with Crippen molar-refractivity contribution in [2.45, 2.75) is 32.9 Å². The fourth-order valence-corrected chi connectivity index (χ4v) is 2.57. The Labute approximate surface area is 158 Å². The van der Waals surface area contributed by atoms with E-state index in [-0.39, 0.29) is 23.7 Å². The van der Waals surface area contributed by atoms with E-state index in [0.29, 0.717) is 17.1 Å². The van der Waals surface area contributed by atoms with E-state index in [1.165, 1.54) is 26.2 Å². The average Bonchev–Trinajstić information content (AvgIpc) is 2.61. The minimum absolute atomic E-state index is 0.190. The maximum absolute atomic E-state index is 13.0. The van der Waals surface area contributed by atoms with Crippen LogP contribution in [0.5, 0.6) is 5.75 Å². The van der Waals surface area contributed by atoms with Crippen LogP contribution in [0.2, 0.25) is 0 Å². The molecule has 0 unspecified atom stereocenters. The molecule has 2 amide bonds. The number of carbonyl (C=O) groups excluding carboxylic acids is 2. The minimum atomic E-state index is -0.561. The average molecular weight is 373 g/mol. The maximum atomic E-state index is 13.0. The number of halogens is 1. The van der Waals surface area contributed by atoms with Crippen LogP contribution in [0.25, 0.3) is 0 Å². The summed E-state index contributed by atoms with van der Waals surface area (Å²) >= 11 is 0. The Hall–Kier alpha value is -3.09. The molecule has 3 N–H and O–H groups in total. The number of carbonyl (C=O) groups is 2. The number of nitrogens with one attached hydrogen (secondary N) is 3. The molecule has 0 fully saturated rings. The Bertz CT molecular complexity index is 809. The molecule has 0 saturated heterocycles. The van der Waals surface area contributed by atoms with E-state index < -0.39 is 6.04 Å². The monoisotopic (exact) mass is 373 g/mol. The van der Waals surface area contributed by atoms with E-state index in [4.69, 9.17) is 4.74 Å². The lowest BCUT2D eigenvalue weighted by Gasteiger charge is -2.21. The van der Waals surface area contributed by atoms with Gasteiger partial charge in [0.05, 0.1) is 18.8 Å². The van der Waals surface area contributed by atoms with Crippen molar-refractivity contribution in [1.82, 2.24) is 5.32 Å². The Kier molecular flexibility index (Phi) is 6.76. The van der Waals surface area contributed by atoms with Crippen molar-refractivity contribution in [3.63, 3.8) is 0 Å².